The van der Waals surface area contributed by atoms with E-state index < -0.39 is 6.04 Å². The van der Waals surface area contributed by atoms with E-state index in [2.05, 4.69) is 5.32 Å². The highest BCUT2D eigenvalue weighted by molar-refractivity contribution is 6.30. The number of halogens is 1. The molecule has 0 aliphatic carbocycles. The molecule has 0 bridgehead atoms. The van der Waals surface area contributed by atoms with Gasteiger partial charge >= 0.3 is 0 Å². The minimum Gasteiger partial charge on any atom is -0.484 e. The number of rotatable bonds is 11. The molecular weight excluding hydrogens is 460 g/mol. The largest absolute Gasteiger partial charge is 0.484 e. The molecular formula is C29H33ClN2O3. The number of nitrogens with one attached hydrogen (secondary N) is 1. The molecule has 35 heavy (non-hydrogen) atoms. The number of hydrogen-bond acceptors (Lipinski definition) is 3. The highest BCUT2D eigenvalue weighted by atomic mass is 35.5. The van der Waals surface area contributed by atoms with Gasteiger partial charge in [-0.2, -0.15) is 0 Å². The first-order valence-corrected chi connectivity index (χ1v) is 12.3. The number of benzene rings is 3. The van der Waals surface area contributed by atoms with Crippen LogP contribution in [0.2, 0.25) is 5.02 Å². The Morgan fingerprint density at radius 1 is 0.971 bits per heavy atom. The maximum absolute atomic E-state index is 13.6. The predicted octanol–water partition coefficient (Wildman–Crippen LogP) is 5.58. The number of amides is 2. The SMILES string of the molecule is CC[C@H](C)NC(=O)[C@H](Cc1ccccc1)N(Cc1ccccc1C)C(=O)COc1ccc(Cl)cc1. The summed E-state index contributed by atoms with van der Waals surface area (Å²) in [5.41, 5.74) is 3.03. The molecule has 0 aliphatic heterocycles. The standard InChI is InChI=1S/C29H33ClN2O3/c1-4-22(3)31-29(34)27(18-23-11-6-5-7-12-23)32(19-24-13-9-8-10-21(24)2)28(33)20-35-26-16-14-25(30)15-17-26/h5-17,22,27H,4,18-20H2,1-3H3,(H,31,34)/t22-,27-/m0/s1. The summed E-state index contributed by atoms with van der Waals surface area (Å²) in [5, 5.41) is 3.67. The molecule has 3 aromatic carbocycles. The van der Waals surface area contributed by atoms with Crippen LogP contribution >= 0.6 is 11.6 Å². The van der Waals surface area contributed by atoms with Crippen molar-refractivity contribution in [1.29, 1.82) is 0 Å². The summed E-state index contributed by atoms with van der Waals surface area (Å²) in [7, 11) is 0. The molecule has 1 N–H and O–H groups in total. The van der Waals surface area contributed by atoms with Crippen molar-refractivity contribution in [2.24, 2.45) is 0 Å². The number of aryl methyl sites for hydroxylation is 1. The quantitative estimate of drug-likeness (QED) is 0.380. The molecule has 0 aliphatic rings. The summed E-state index contributed by atoms with van der Waals surface area (Å²) in [6, 6.07) is 23.9. The molecule has 0 unspecified atom stereocenters. The van der Waals surface area contributed by atoms with Crippen molar-refractivity contribution < 1.29 is 14.3 Å². The van der Waals surface area contributed by atoms with Crippen LogP contribution in [0.25, 0.3) is 0 Å². The van der Waals surface area contributed by atoms with Crippen molar-refractivity contribution >= 4 is 23.4 Å². The fourth-order valence-corrected chi connectivity index (χ4v) is 3.85. The predicted molar refractivity (Wildman–Crippen MR) is 141 cm³/mol. The molecule has 0 radical (unpaired) electrons. The molecule has 6 heteroatoms. The molecule has 0 fully saturated rings. The van der Waals surface area contributed by atoms with Crippen molar-refractivity contribution in [3.63, 3.8) is 0 Å². The lowest BCUT2D eigenvalue weighted by atomic mass is 10.0. The summed E-state index contributed by atoms with van der Waals surface area (Å²) < 4.78 is 5.77. The van der Waals surface area contributed by atoms with Gasteiger partial charge in [-0.3, -0.25) is 9.59 Å². The van der Waals surface area contributed by atoms with E-state index in [1.165, 1.54) is 0 Å². The Hall–Kier alpha value is -3.31. The molecule has 3 rings (SSSR count). The second kappa shape index (κ2) is 13.0. The van der Waals surface area contributed by atoms with Crippen LogP contribution in [0.5, 0.6) is 5.75 Å². The van der Waals surface area contributed by atoms with Gasteiger partial charge in [0.2, 0.25) is 5.91 Å². The lowest BCUT2D eigenvalue weighted by molar-refractivity contribution is -0.143. The van der Waals surface area contributed by atoms with Crippen LogP contribution in [0.1, 0.15) is 37.0 Å². The van der Waals surface area contributed by atoms with E-state index in [1.54, 1.807) is 29.2 Å². The zero-order valence-corrected chi connectivity index (χ0v) is 21.3. The average molecular weight is 493 g/mol. The first-order chi connectivity index (χ1) is 16.9. The van der Waals surface area contributed by atoms with Crippen molar-refractivity contribution in [3.05, 3.63) is 101 Å². The maximum atomic E-state index is 13.6. The highest BCUT2D eigenvalue weighted by Gasteiger charge is 2.31. The van der Waals surface area contributed by atoms with Crippen molar-refractivity contribution in [2.75, 3.05) is 6.61 Å². The van der Waals surface area contributed by atoms with Crippen molar-refractivity contribution in [2.45, 2.75) is 52.2 Å². The normalized spacial score (nSPS) is 12.5. The zero-order valence-electron chi connectivity index (χ0n) is 20.5. The molecule has 0 spiro atoms. The Balaban J connectivity index is 1.91. The summed E-state index contributed by atoms with van der Waals surface area (Å²) in [6.07, 6.45) is 1.21. The van der Waals surface area contributed by atoms with Gasteiger partial charge in [0.15, 0.2) is 6.61 Å². The Kier molecular flexibility index (Phi) is 9.74. The lowest BCUT2D eigenvalue weighted by Gasteiger charge is -2.32. The maximum Gasteiger partial charge on any atom is 0.261 e. The van der Waals surface area contributed by atoms with E-state index in [-0.39, 0.29) is 24.5 Å². The van der Waals surface area contributed by atoms with E-state index in [9.17, 15) is 9.59 Å². The van der Waals surface area contributed by atoms with Crippen molar-refractivity contribution in [3.8, 4) is 5.75 Å². The molecule has 0 heterocycles. The topological polar surface area (TPSA) is 58.6 Å². The van der Waals surface area contributed by atoms with E-state index >= 15 is 0 Å². The Morgan fingerprint density at radius 3 is 2.29 bits per heavy atom. The number of nitrogens with zero attached hydrogens (tertiary/aromatic N) is 1. The molecule has 0 saturated carbocycles. The summed E-state index contributed by atoms with van der Waals surface area (Å²) in [4.78, 5) is 28.7. The number of hydrogen-bond donors (Lipinski definition) is 1. The summed E-state index contributed by atoms with van der Waals surface area (Å²) in [6.45, 7) is 6.12. The molecule has 184 valence electrons. The van der Waals surface area contributed by atoms with Crippen LogP contribution in [-0.2, 0) is 22.6 Å². The summed E-state index contributed by atoms with van der Waals surface area (Å²) in [5.74, 6) is 0.113. The van der Waals surface area contributed by atoms with Crippen LogP contribution in [0.3, 0.4) is 0 Å². The monoisotopic (exact) mass is 492 g/mol. The van der Waals surface area contributed by atoms with Gasteiger partial charge in [0.05, 0.1) is 0 Å². The third kappa shape index (κ3) is 7.86. The minimum atomic E-state index is -0.688. The third-order valence-electron chi connectivity index (χ3n) is 6.05. The second-order valence-corrected chi connectivity index (χ2v) is 9.15. The molecule has 0 saturated heterocycles. The Labute approximate surface area is 213 Å². The lowest BCUT2D eigenvalue weighted by Crippen LogP contribution is -2.53. The smallest absolute Gasteiger partial charge is 0.261 e. The first kappa shape index (κ1) is 26.3. The number of carbonyl (C=O) groups is 2. The van der Waals surface area contributed by atoms with Crippen LogP contribution in [0.4, 0.5) is 0 Å². The van der Waals surface area contributed by atoms with Gasteiger partial charge in [-0.1, -0.05) is 73.1 Å². The molecule has 5 nitrogen and oxygen atoms in total. The number of carbonyl (C=O) groups excluding carboxylic acids is 2. The molecule has 3 aromatic rings. The average Bonchev–Trinajstić information content (AvgIpc) is 2.87. The van der Waals surface area contributed by atoms with Crippen LogP contribution in [0.15, 0.2) is 78.9 Å². The van der Waals surface area contributed by atoms with Gasteiger partial charge in [0, 0.05) is 24.0 Å². The van der Waals surface area contributed by atoms with Crippen molar-refractivity contribution in [1.82, 2.24) is 10.2 Å². The Bertz CT molecular complexity index is 1100. The minimum absolute atomic E-state index is 0.00139. The van der Waals surface area contributed by atoms with E-state index in [0.717, 1.165) is 23.1 Å². The van der Waals surface area contributed by atoms with Gasteiger partial charge in [0.25, 0.3) is 5.91 Å². The number of ether oxygens (including phenoxy) is 1. The van der Waals surface area contributed by atoms with E-state index in [1.807, 2.05) is 75.4 Å². The first-order valence-electron chi connectivity index (χ1n) is 11.9. The molecule has 2 atom stereocenters. The second-order valence-electron chi connectivity index (χ2n) is 8.71. The van der Waals surface area contributed by atoms with E-state index in [0.29, 0.717) is 23.7 Å². The van der Waals surface area contributed by atoms with Gasteiger partial charge in [-0.05, 0) is 61.2 Å². The van der Waals surface area contributed by atoms with Crippen LogP contribution in [0, 0.1) is 6.92 Å². The van der Waals surface area contributed by atoms with Gasteiger partial charge in [-0.15, -0.1) is 0 Å². The summed E-state index contributed by atoms with van der Waals surface area (Å²) >= 11 is 5.96. The van der Waals surface area contributed by atoms with Gasteiger partial charge in [-0.25, -0.2) is 0 Å². The molecule has 0 aromatic heterocycles. The fraction of sp³-hybridized carbons (Fsp3) is 0.310. The van der Waals surface area contributed by atoms with Crippen LogP contribution < -0.4 is 10.1 Å². The van der Waals surface area contributed by atoms with Gasteiger partial charge < -0.3 is 15.0 Å². The zero-order chi connectivity index (χ0) is 25.2. The third-order valence-corrected chi connectivity index (χ3v) is 6.30. The van der Waals surface area contributed by atoms with E-state index in [4.69, 9.17) is 16.3 Å². The van der Waals surface area contributed by atoms with Crippen LogP contribution in [-0.4, -0.2) is 35.4 Å². The molecule has 2 amide bonds. The highest BCUT2D eigenvalue weighted by Crippen LogP contribution is 2.19. The Morgan fingerprint density at radius 2 is 1.63 bits per heavy atom. The fourth-order valence-electron chi connectivity index (χ4n) is 3.72. The van der Waals surface area contributed by atoms with Gasteiger partial charge in [0.1, 0.15) is 11.8 Å².